The summed E-state index contributed by atoms with van der Waals surface area (Å²) in [5.41, 5.74) is 2.05. The molecule has 7 nitrogen and oxygen atoms in total. The third kappa shape index (κ3) is 3.29. The van der Waals surface area contributed by atoms with E-state index in [-0.39, 0.29) is 17.3 Å². The molecule has 0 bridgehead atoms. The maximum absolute atomic E-state index is 12.3. The molecule has 3 rings (SSSR count). The quantitative estimate of drug-likeness (QED) is 0.750. The van der Waals surface area contributed by atoms with Crippen LogP contribution in [0.3, 0.4) is 0 Å². The van der Waals surface area contributed by atoms with Crippen molar-refractivity contribution in [3.63, 3.8) is 0 Å². The number of sulfonamides is 1. The van der Waals surface area contributed by atoms with E-state index >= 15 is 0 Å². The van der Waals surface area contributed by atoms with Gasteiger partial charge in [0.2, 0.25) is 15.9 Å². The van der Waals surface area contributed by atoms with Gasteiger partial charge in [0.25, 0.3) is 0 Å². The molecule has 3 N–H and O–H groups in total. The Morgan fingerprint density at radius 2 is 1.96 bits per heavy atom. The van der Waals surface area contributed by atoms with Crippen molar-refractivity contribution in [3.05, 3.63) is 54.4 Å². The van der Waals surface area contributed by atoms with Crippen LogP contribution in [0.5, 0.6) is 0 Å². The standard InChI is InChI=1S/C16H16N4O3S/c1-11-18-14-7-2-3-8-15(14)20(11)10-16(21)19-12-5-4-6-13(9-12)24(17,22)23/h2-9H,10H2,1H3,(H,19,21)(H2,17,22,23). The molecule has 0 aliphatic rings. The van der Waals surface area contributed by atoms with Crippen LogP contribution in [0.2, 0.25) is 0 Å². The summed E-state index contributed by atoms with van der Waals surface area (Å²) in [4.78, 5) is 16.7. The lowest BCUT2D eigenvalue weighted by Gasteiger charge is -2.09. The fraction of sp³-hybridized carbons (Fsp3) is 0.125. The highest BCUT2D eigenvalue weighted by atomic mass is 32.2. The smallest absolute Gasteiger partial charge is 0.244 e. The van der Waals surface area contributed by atoms with E-state index in [0.717, 1.165) is 16.9 Å². The lowest BCUT2D eigenvalue weighted by molar-refractivity contribution is -0.116. The predicted octanol–water partition coefficient (Wildman–Crippen LogP) is 1.63. The Bertz CT molecular complexity index is 1020. The van der Waals surface area contributed by atoms with Gasteiger partial charge >= 0.3 is 0 Å². The van der Waals surface area contributed by atoms with Gasteiger partial charge in [-0.25, -0.2) is 18.5 Å². The highest BCUT2D eigenvalue weighted by Gasteiger charge is 2.12. The molecule has 3 aromatic rings. The molecule has 24 heavy (non-hydrogen) atoms. The Kier molecular flexibility index (Phi) is 4.08. The summed E-state index contributed by atoms with van der Waals surface area (Å²) in [7, 11) is -3.81. The number of imidazole rings is 1. The van der Waals surface area contributed by atoms with Crippen molar-refractivity contribution >= 4 is 32.7 Å². The second kappa shape index (κ2) is 6.06. The van der Waals surface area contributed by atoms with E-state index in [2.05, 4.69) is 10.3 Å². The fourth-order valence-corrected chi connectivity index (χ4v) is 3.05. The average molecular weight is 344 g/mol. The summed E-state index contributed by atoms with van der Waals surface area (Å²) >= 11 is 0. The van der Waals surface area contributed by atoms with Gasteiger partial charge < -0.3 is 9.88 Å². The number of aromatic nitrogens is 2. The minimum absolute atomic E-state index is 0.0513. The second-order valence-electron chi connectivity index (χ2n) is 5.35. The zero-order chi connectivity index (χ0) is 17.3. The molecule has 1 amide bonds. The van der Waals surface area contributed by atoms with E-state index in [0.29, 0.717) is 5.69 Å². The number of benzene rings is 2. The number of anilines is 1. The minimum atomic E-state index is -3.81. The Balaban J connectivity index is 1.82. The first-order valence-electron chi connectivity index (χ1n) is 7.19. The topological polar surface area (TPSA) is 107 Å². The number of aryl methyl sites for hydroxylation is 1. The van der Waals surface area contributed by atoms with E-state index in [1.807, 2.05) is 31.2 Å². The molecule has 0 spiro atoms. The summed E-state index contributed by atoms with van der Waals surface area (Å²) in [6.45, 7) is 1.90. The molecule has 2 aromatic carbocycles. The van der Waals surface area contributed by atoms with Crippen LogP contribution in [0, 0.1) is 6.92 Å². The monoisotopic (exact) mass is 344 g/mol. The number of amides is 1. The maximum atomic E-state index is 12.3. The molecular weight excluding hydrogens is 328 g/mol. The zero-order valence-electron chi connectivity index (χ0n) is 12.9. The molecule has 0 aliphatic heterocycles. The van der Waals surface area contributed by atoms with Crippen LogP contribution < -0.4 is 10.5 Å². The van der Waals surface area contributed by atoms with Gasteiger partial charge in [-0.1, -0.05) is 18.2 Å². The molecule has 1 aromatic heterocycles. The molecule has 124 valence electrons. The summed E-state index contributed by atoms with van der Waals surface area (Å²) in [6, 6.07) is 13.4. The number of hydrogen-bond acceptors (Lipinski definition) is 4. The molecule has 0 aliphatic carbocycles. The van der Waals surface area contributed by atoms with Crippen LogP contribution >= 0.6 is 0 Å². The largest absolute Gasteiger partial charge is 0.324 e. The van der Waals surface area contributed by atoms with Crippen molar-refractivity contribution in [2.45, 2.75) is 18.4 Å². The third-order valence-corrected chi connectivity index (χ3v) is 4.50. The minimum Gasteiger partial charge on any atom is -0.324 e. The van der Waals surface area contributed by atoms with Gasteiger partial charge in [-0.15, -0.1) is 0 Å². The SMILES string of the molecule is Cc1nc2ccccc2n1CC(=O)Nc1cccc(S(N)(=O)=O)c1. The molecule has 0 radical (unpaired) electrons. The van der Waals surface area contributed by atoms with Gasteiger partial charge in [-0.05, 0) is 37.3 Å². The predicted molar refractivity (Wildman–Crippen MR) is 90.9 cm³/mol. The normalized spacial score (nSPS) is 11.6. The number of nitrogens with one attached hydrogen (secondary N) is 1. The maximum Gasteiger partial charge on any atom is 0.244 e. The first-order chi connectivity index (χ1) is 11.3. The Morgan fingerprint density at radius 3 is 2.71 bits per heavy atom. The second-order valence-corrected chi connectivity index (χ2v) is 6.92. The number of nitrogens with zero attached hydrogens (tertiary/aromatic N) is 2. The van der Waals surface area contributed by atoms with Crippen LogP contribution in [-0.4, -0.2) is 23.9 Å². The number of primary sulfonamides is 1. The molecule has 0 saturated heterocycles. The van der Waals surface area contributed by atoms with Crippen LogP contribution in [0.1, 0.15) is 5.82 Å². The Morgan fingerprint density at radius 1 is 1.21 bits per heavy atom. The number of hydrogen-bond donors (Lipinski definition) is 2. The molecule has 1 heterocycles. The highest BCUT2D eigenvalue weighted by Crippen LogP contribution is 2.17. The number of carbonyl (C=O) groups excluding carboxylic acids is 1. The number of para-hydroxylation sites is 2. The van der Waals surface area contributed by atoms with Gasteiger partial charge in [-0.3, -0.25) is 4.79 Å². The van der Waals surface area contributed by atoms with Gasteiger partial charge in [-0.2, -0.15) is 0 Å². The summed E-state index contributed by atoms with van der Waals surface area (Å²) in [5.74, 6) is 0.442. The molecule has 8 heteroatoms. The first kappa shape index (κ1) is 16.2. The van der Waals surface area contributed by atoms with E-state index < -0.39 is 10.0 Å². The van der Waals surface area contributed by atoms with Crippen molar-refractivity contribution in [2.75, 3.05) is 5.32 Å². The van der Waals surface area contributed by atoms with Gasteiger partial charge in [0.05, 0.1) is 15.9 Å². The number of fused-ring (bicyclic) bond motifs is 1. The number of rotatable bonds is 4. The van der Waals surface area contributed by atoms with Crippen LogP contribution in [0.25, 0.3) is 11.0 Å². The van der Waals surface area contributed by atoms with Gasteiger partial charge in [0.15, 0.2) is 0 Å². The van der Waals surface area contributed by atoms with Crippen LogP contribution in [0.4, 0.5) is 5.69 Å². The molecular formula is C16H16N4O3S. The number of nitrogens with two attached hydrogens (primary N) is 1. The fourth-order valence-electron chi connectivity index (χ4n) is 2.49. The Labute approximate surface area is 139 Å². The van der Waals surface area contributed by atoms with Crippen LogP contribution in [-0.2, 0) is 21.4 Å². The number of carbonyl (C=O) groups is 1. The molecule has 0 fully saturated rings. The van der Waals surface area contributed by atoms with Gasteiger partial charge in [0, 0.05) is 5.69 Å². The molecule has 0 saturated carbocycles. The van der Waals surface area contributed by atoms with Crippen molar-refractivity contribution in [2.24, 2.45) is 5.14 Å². The van der Waals surface area contributed by atoms with E-state index in [1.54, 1.807) is 10.6 Å². The Hall–Kier alpha value is -2.71. The first-order valence-corrected chi connectivity index (χ1v) is 8.74. The van der Waals surface area contributed by atoms with Crippen molar-refractivity contribution < 1.29 is 13.2 Å². The summed E-state index contributed by atoms with van der Waals surface area (Å²) in [5, 5.41) is 7.77. The summed E-state index contributed by atoms with van der Waals surface area (Å²) in [6.07, 6.45) is 0. The van der Waals surface area contributed by atoms with E-state index in [4.69, 9.17) is 5.14 Å². The summed E-state index contributed by atoms with van der Waals surface area (Å²) < 4.78 is 24.5. The molecule has 0 atom stereocenters. The van der Waals surface area contributed by atoms with Crippen molar-refractivity contribution in [1.82, 2.24) is 9.55 Å². The van der Waals surface area contributed by atoms with Crippen molar-refractivity contribution in [3.8, 4) is 0 Å². The zero-order valence-corrected chi connectivity index (χ0v) is 13.7. The van der Waals surface area contributed by atoms with Gasteiger partial charge in [0.1, 0.15) is 12.4 Å². The van der Waals surface area contributed by atoms with E-state index in [1.165, 1.54) is 18.2 Å². The average Bonchev–Trinajstić information content (AvgIpc) is 2.83. The van der Waals surface area contributed by atoms with Crippen LogP contribution in [0.15, 0.2) is 53.4 Å². The highest BCUT2D eigenvalue weighted by molar-refractivity contribution is 7.89. The molecule has 0 unspecified atom stereocenters. The third-order valence-electron chi connectivity index (χ3n) is 3.59. The lowest BCUT2D eigenvalue weighted by atomic mass is 10.3. The van der Waals surface area contributed by atoms with E-state index in [9.17, 15) is 13.2 Å². The van der Waals surface area contributed by atoms with Crippen molar-refractivity contribution in [1.29, 1.82) is 0 Å². The lowest BCUT2D eigenvalue weighted by Crippen LogP contribution is -2.20.